The molecule has 1 fully saturated rings. The molecule has 0 radical (unpaired) electrons. The van der Waals surface area contributed by atoms with Gasteiger partial charge < -0.3 is 19.6 Å². The molecule has 1 saturated heterocycles. The largest absolute Gasteiger partial charge is 0.448 e. The quantitative estimate of drug-likeness (QED) is 0.0168. The summed E-state index contributed by atoms with van der Waals surface area (Å²) < 4.78 is 26.3. The van der Waals surface area contributed by atoms with E-state index in [1.54, 1.807) is 27.0 Å². The third-order valence-corrected chi connectivity index (χ3v) is 16.2. The molecule has 2 aliphatic rings. The highest BCUT2D eigenvalue weighted by Gasteiger charge is 2.58. The van der Waals surface area contributed by atoms with Gasteiger partial charge in [-0.3, -0.25) is 24.0 Å². The number of fused-ring (bicyclic) bond motifs is 1. The van der Waals surface area contributed by atoms with Crippen molar-refractivity contribution in [3.63, 3.8) is 0 Å². The van der Waals surface area contributed by atoms with E-state index < -0.39 is 63.4 Å². The Morgan fingerprint density at radius 2 is 1.33 bits per heavy atom. The Morgan fingerprint density at radius 1 is 0.781 bits per heavy atom. The summed E-state index contributed by atoms with van der Waals surface area (Å²) in [6, 6.07) is 50.9. The summed E-state index contributed by atoms with van der Waals surface area (Å²) in [7, 11) is -1.82. The van der Waals surface area contributed by atoms with Gasteiger partial charge in [0.2, 0.25) is 5.60 Å². The van der Waals surface area contributed by atoms with Crippen molar-refractivity contribution in [2.45, 2.75) is 54.5 Å². The number of ether oxygens (including phenoxy) is 2. The monoisotopic (exact) mass is 1050 g/mol. The molecule has 73 heavy (non-hydrogen) atoms. The summed E-state index contributed by atoms with van der Waals surface area (Å²) >= 11 is 3.70. The molecule has 3 atom stereocenters. The lowest BCUT2D eigenvalue weighted by molar-refractivity contribution is -0.154. The van der Waals surface area contributed by atoms with Gasteiger partial charge in [0.1, 0.15) is 28.4 Å². The first-order chi connectivity index (χ1) is 35.4. The fraction of sp³-hybridized carbons (Fsp3) is 0.182. The van der Waals surface area contributed by atoms with Crippen LogP contribution in [0.1, 0.15) is 60.4 Å². The minimum atomic E-state index is -1.82. The Bertz CT molecular complexity index is 3030. The van der Waals surface area contributed by atoms with Crippen molar-refractivity contribution in [1.29, 1.82) is 0 Å². The second kappa shape index (κ2) is 22.6. The number of benzene rings is 5. The van der Waals surface area contributed by atoms with E-state index in [-0.39, 0.29) is 28.0 Å². The van der Waals surface area contributed by atoms with Crippen molar-refractivity contribution in [1.82, 2.24) is 20.2 Å². The number of anilines is 1. The molecule has 14 nitrogen and oxygen atoms in total. The highest BCUT2D eigenvalue weighted by molar-refractivity contribution is 8.18. The summed E-state index contributed by atoms with van der Waals surface area (Å²) in [5.41, 5.74) is 0.791. The topological polar surface area (TPSA) is 178 Å². The van der Waals surface area contributed by atoms with Crippen LogP contribution >= 0.6 is 34.9 Å². The summed E-state index contributed by atoms with van der Waals surface area (Å²) in [6.45, 7) is 5.18. The average Bonchev–Trinajstić information content (AvgIpc) is 3.86. The van der Waals surface area contributed by atoms with Crippen molar-refractivity contribution >= 4 is 80.4 Å². The molecule has 4 heterocycles. The number of esters is 1. The smallest absolute Gasteiger partial charge is 0.413 e. The Kier molecular flexibility index (Phi) is 15.6. The zero-order valence-corrected chi connectivity index (χ0v) is 42.9. The first-order valence-corrected chi connectivity index (χ1v) is 27.2. The van der Waals surface area contributed by atoms with Crippen molar-refractivity contribution < 1.29 is 37.7 Å². The molecule has 18 heteroatoms. The van der Waals surface area contributed by atoms with E-state index in [9.17, 15) is 23.4 Å². The Hall–Kier alpha value is -7.38. The number of nitrogens with one attached hydrogen (secondary N) is 2. The van der Waals surface area contributed by atoms with E-state index in [2.05, 4.69) is 25.8 Å². The SMILES string of the molecule is CC(C)(C)OC(=O)Nc1nc(/C(=N/OC(c2ccccc2)(c2ccccc2)c2ccccc2)C(=O)N[C@@H]2C(=O)N3C(C(=O)OC(c4ccccc4)c4ccccc4)=C(SCSc4ccccn4)CS(=O)[C@H]23)cs1. The number of oxime groups is 1. The van der Waals surface area contributed by atoms with Crippen LogP contribution in [-0.4, -0.2) is 76.5 Å². The molecule has 2 N–H and O–H groups in total. The van der Waals surface area contributed by atoms with Crippen molar-refractivity contribution in [2.24, 2.45) is 5.16 Å². The maximum atomic E-state index is 15.0. The van der Waals surface area contributed by atoms with Crippen LogP contribution < -0.4 is 10.6 Å². The zero-order valence-electron chi connectivity index (χ0n) is 39.7. The summed E-state index contributed by atoms with van der Waals surface area (Å²) in [5, 5.41) is 11.6. The highest BCUT2D eigenvalue weighted by Crippen LogP contribution is 2.43. The van der Waals surface area contributed by atoms with Crippen LogP contribution in [0.3, 0.4) is 0 Å². The molecule has 0 spiro atoms. The number of thiazole rings is 1. The van der Waals surface area contributed by atoms with Gasteiger partial charge in [-0.25, -0.2) is 19.6 Å². The van der Waals surface area contributed by atoms with Crippen LogP contribution in [0.2, 0.25) is 0 Å². The number of hydrogen-bond acceptors (Lipinski definition) is 14. The molecule has 2 aromatic heterocycles. The van der Waals surface area contributed by atoms with E-state index in [1.165, 1.54) is 33.8 Å². The fourth-order valence-corrected chi connectivity index (χ4v) is 13.0. The van der Waals surface area contributed by atoms with Gasteiger partial charge in [-0.05, 0) is 44.0 Å². The van der Waals surface area contributed by atoms with Crippen LogP contribution in [0.5, 0.6) is 0 Å². The third-order valence-electron chi connectivity index (χ3n) is 11.5. The molecule has 1 unspecified atom stereocenters. The number of aromatic nitrogens is 2. The first kappa shape index (κ1) is 50.6. The third kappa shape index (κ3) is 11.5. The lowest BCUT2D eigenvalue weighted by Gasteiger charge is -2.49. The molecule has 5 aromatic carbocycles. The Labute approximate surface area is 437 Å². The van der Waals surface area contributed by atoms with Gasteiger partial charge in [-0.1, -0.05) is 175 Å². The molecule has 9 rings (SSSR count). The standard InChI is InChI=1S/C55H48N6O8S4/c1-54(2,3)68-53(65)59-52-57-41(33-70-52)44(60-69-55(38-25-13-6-14-26-38,39-27-15-7-16-28-39)40-29-17-8-18-30-40)48(62)58-45-49(63)61-46(42(34-73(66)50(45)61)71-35-72-43-31-19-20-32-56-43)51(64)67-47(36-21-9-4-10-22-36)37-23-11-5-12-24-37/h4-33,45,47,50H,34-35H2,1-3H3,(H,58,62)(H,57,59,65)/b60-44-/t45-,50-,73?/m1/s1. The van der Waals surface area contributed by atoms with Crippen LogP contribution in [0.15, 0.2) is 202 Å². The zero-order chi connectivity index (χ0) is 51.0. The number of pyridine rings is 1. The fourth-order valence-electron chi connectivity index (χ4n) is 8.22. The van der Waals surface area contributed by atoms with Crippen LogP contribution in [0.25, 0.3) is 0 Å². The van der Waals surface area contributed by atoms with Crippen molar-refractivity contribution in [3.05, 3.63) is 226 Å². The number of hydrogen-bond donors (Lipinski definition) is 2. The Balaban J connectivity index is 1.07. The van der Waals surface area contributed by atoms with Gasteiger partial charge in [0.25, 0.3) is 11.8 Å². The second-order valence-corrected chi connectivity index (χ2v) is 22.3. The number of carbonyl (C=O) groups excluding carboxylic acids is 4. The first-order valence-electron chi connectivity index (χ1n) is 23.0. The normalized spacial score (nSPS) is 16.8. The number of carbonyl (C=O) groups is 4. The number of β-lactam (4-membered cyclic amide) rings is 1. The predicted molar refractivity (Wildman–Crippen MR) is 285 cm³/mol. The number of thioether (sulfide) groups is 2. The predicted octanol–water partition coefficient (Wildman–Crippen LogP) is 10.0. The van der Waals surface area contributed by atoms with Gasteiger partial charge in [0, 0.05) is 38.3 Å². The molecule has 0 aliphatic carbocycles. The van der Waals surface area contributed by atoms with E-state index in [0.717, 1.165) is 16.4 Å². The van der Waals surface area contributed by atoms with Crippen LogP contribution in [0, 0.1) is 0 Å². The van der Waals surface area contributed by atoms with E-state index in [1.807, 2.05) is 170 Å². The molecular formula is C55H48N6O8S4. The van der Waals surface area contributed by atoms with Crippen molar-refractivity contribution in [3.8, 4) is 0 Å². The van der Waals surface area contributed by atoms with Gasteiger partial charge in [-0.15, -0.1) is 23.1 Å². The van der Waals surface area contributed by atoms with E-state index in [0.29, 0.717) is 37.8 Å². The summed E-state index contributed by atoms with van der Waals surface area (Å²) in [6.07, 6.45) is 0.0621. The second-order valence-electron chi connectivity index (χ2n) is 17.5. The van der Waals surface area contributed by atoms with E-state index >= 15 is 0 Å². The van der Waals surface area contributed by atoms with Crippen molar-refractivity contribution in [2.75, 3.05) is 16.2 Å². The van der Waals surface area contributed by atoms with Crippen LogP contribution in [0.4, 0.5) is 9.93 Å². The lowest BCUT2D eigenvalue weighted by atomic mass is 9.80. The summed E-state index contributed by atoms with van der Waals surface area (Å²) in [5.74, 6) is -2.50. The average molecular weight is 1050 g/mol. The lowest BCUT2D eigenvalue weighted by Crippen LogP contribution is -2.74. The van der Waals surface area contributed by atoms with Gasteiger partial charge in [0.15, 0.2) is 16.9 Å². The maximum Gasteiger partial charge on any atom is 0.413 e. The number of nitrogens with zero attached hydrogens (tertiary/aromatic N) is 4. The van der Waals surface area contributed by atoms with Gasteiger partial charge in [0.05, 0.1) is 21.6 Å². The molecule has 0 saturated carbocycles. The molecule has 0 bridgehead atoms. The minimum Gasteiger partial charge on any atom is -0.448 e. The summed E-state index contributed by atoms with van der Waals surface area (Å²) in [4.78, 5) is 74.6. The number of rotatable bonds is 17. The van der Waals surface area contributed by atoms with E-state index in [4.69, 9.17) is 14.3 Å². The Morgan fingerprint density at radius 3 is 1.86 bits per heavy atom. The number of amides is 3. The molecule has 7 aromatic rings. The minimum absolute atomic E-state index is 0.00819. The molecule has 2 aliphatic heterocycles. The molecule has 3 amide bonds. The maximum absolute atomic E-state index is 15.0. The molecule has 370 valence electrons. The van der Waals surface area contributed by atoms with Gasteiger partial charge in [-0.2, -0.15) is 0 Å². The molecular weight excluding hydrogens is 1000 g/mol. The van der Waals surface area contributed by atoms with Gasteiger partial charge >= 0.3 is 12.1 Å². The van der Waals surface area contributed by atoms with Crippen LogP contribution in [-0.2, 0) is 45.1 Å². The highest BCUT2D eigenvalue weighted by atomic mass is 32.2.